The zero-order valence-electron chi connectivity index (χ0n) is 9.15. The van der Waals surface area contributed by atoms with Crippen molar-refractivity contribution >= 4 is 21.6 Å². The Labute approximate surface area is 106 Å². The molecule has 4 nitrogen and oxygen atoms in total. The van der Waals surface area contributed by atoms with Crippen molar-refractivity contribution in [3.8, 4) is 5.75 Å². The second-order valence-electron chi connectivity index (χ2n) is 3.62. The van der Waals surface area contributed by atoms with E-state index in [-0.39, 0.29) is 5.69 Å². The van der Waals surface area contributed by atoms with Gasteiger partial charge in [-0.15, -0.1) is 0 Å². The molecule has 0 unspecified atom stereocenters. The molecule has 17 heavy (non-hydrogen) atoms. The number of hydrogen-bond donors (Lipinski definition) is 1. The van der Waals surface area contributed by atoms with Crippen LogP contribution in [0.2, 0.25) is 0 Å². The molecule has 0 bridgehead atoms. The van der Waals surface area contributed by atoms with Crippen LogP contribution in [0.15, 0.2) is 29.0 Å². The molecule has 0 saturated carbocycles. The standard InChI is InChI=1S/C11H11BrFN3O/c1-16-5-7(4-15-16)6-17-11-9(12)2-8(13)3-10(11)14/h2-5H,6,14H2,1H3. The van der Waals surface area contributed by atoms with Gasteiger partial charge in [-0.25, -0.2) is 4.39 Å². The number of nitrogens with zero attached hydrogens (tertiary/aromatic N) is 2. The third kappa shape index (κ3) is 2.76. The fourth-order valence-corrected chi connectivity index (χ4v) is 2.00. The van der Waals surface area contributed by atoms with E-state index in [9.17, 15) is 4.39 Å². The molecule has 0 fully saturated rings. The first kappa shape index (κ1) is 11.9. The molecule has 0 radical (unpaired) electrons. The highest BCUT2D eigenvalue weighted by Crippen LogP contribution is 2.32. The third-order valence-corrected chi connectivity index (χ3v) is 2.77. The third-order valence-electron chi connectivity index (χ3n) is 2.18. The average molecular weight is 300 g/mol. The lowest BCUT2D eigenvalue weighted by Crippen LogP contribution is -1.99. The fourth-order valence-electron chi connectivity index (χ4n) is 1.43. The number of anilines is 1. The monoisotopic (exact) mass is 299 g/mol. The van der Waals surface area contributed by atoms with Gasteiger partial charge in [-0.05, 0) is 22.0 Å². The van der Waals surface area contributed by atoms with E-state index >= 15 is 0 Å². The Kier molecular flexibility index (Phi) is 3.33. The van der Waals surface area contributed by atoms with Gasteiger partial charge < -0.3 is 10.5 Å². The van der Waals surface area contributed by atoms with E-state index in [0.717, 1.165) is 5.56 Å². The smallest absolute Gasteiger partial charge is 0.157 e. The van der Waals surface area contributed by atoms with Crippen LogP contribution in [0, 0.1) is 5.82 Å². The molecule has 1 aromatic carbocycles. The summed E-state index contributed by atoms with van der Waals surface area (Å²) in [6.07, 6.45) is 3.54. The fraction of sp³-hybridized carbons (Fsp3) is 0.182. The summed E-state index contributed by atoms with van der Waals surface area (Å²) < 4.78 is 20.7. The number of nitrogen functional groups attached to an aromatic ring is 1. The zero-order valence-corrected chi connectivity index (χ0v) is 10.7. The minimum Gasteiger partial charge on any atom is -0.485 e. The average Bonchev–Trinajstić information content (AvgIpc) is 2.62. The molecule has 90 valence electrons. The molecular formula is C11H11BrFN3O. The van der Waals surface area contributed by atoms with Crippen LogP contribution in [0.5, 0.6) is 5.75 Å². The van der Waals surface area contributed by atoms with E-state index in [4.69, 9.17) is 10.5 Å². The van der Waals surface area contributed by atoms with Crippen LogP contribution in [0.1, 0.15) is 5.56 Å². The summed E-state index contributed by atoms with van der Waals surface area (Å²) >= 11 is 3.21. The predicted octanol–water partition coefficient (Wildman–Crippen LogP) is 2.48. The number of benzene rings is 1. The van der Waals surface area contributed by atoms with Crippen molar-refractivity contribution in [1.82, 2.24) is 9.78 Å². The zero-order chi connectivity index (χ0) is 12.4. The van der Waals surface area contributed by atoms with Crippen molar-refractivity contribution in [2.24, 2.45) is 7.05 Å². The Bertz CT molecular complexity index is 518. The Morgan fingerprint density at radius 3 is 2.88 bits per heavy atom. The largest absolute Gasteiger partial charge is 0.485 e. The van der Waals surface area contributed by atoms with Gasteiger partial charge >= 0.3 is 0 Å². The molecule has 1 heterocycles. The van der Waals surface area contributed by atoms with Crippen molar-refractivity contribution < 1.29 is 9.13 Å². The number of aromatic nitrogens is 2. The number of hydrogen-bond acceptors (Lipinski definition) is 3. The van der Waals surface area contributed by atoms with E-state index in [2.05, 4.69) is 21.0 Å². The van der Waals surface area contributed by atoms with Crippen LogP contribution in [-0.2, 0) is 13.7 Å². The van der Waals surface area contributed by atoms with E-state index in [1.807, 2.05) is 13.2 Å². The van der Waals surface area contributed by atoms with Gasteiger partial charge in [-0.3, -0.25) is 4.68 Å². The topological polar surface area (TPSA) is 53.1 Å². The molecule has 0 aliphatic rings. The maximum Gasteiger partial charge on any atom is 0.157 e. The summed E-state index contributed by atoms with van der Waals surface area (Å²) in [4.78, 5) is 0. The van der Waals surface area contributed by atoms with Crippen LogP contribution in [0.3, 0.4) is 0 Å². The molecule has 1 aromatic heterocycles. The number of rotatable bonds is 3. The lowest BCUT2D eigenvalue weighted by Gasteiger charge is -2.09. The van der Waals surface area contributed by atoms with Gasteiger partial charge in [0.1, 0.15) is 12.4 Å². The lowest BCUT2D eigenvalue weighted by atomic mass is 10.3. The van der Waals surface area contributed by atoms with Crippen LogP contribution < -0.4 is 10.5 Å². The molecule has 0 aliphatic carbocycles. The van der Waals surface area contributed by atoms with E-state index in [1.165, 1.54) is 12.1 Å². The van der Waals surface area contributed by atoms with Crippen molar-refractivity contribution in [1.29, 1.82) is 0 Å². The van der Waals surface area contributed by atoms with E-state index < -0.39 is 5.82 Å². The molecular weight excluding hydrogens is 289 g/mol. The highest BCUT2D eigenvalue weighted by atomic mass is 79.9. The Balaban J connectivity index is 2.14. The summed E-state index contributed by atoms with van der Waals surface area (Å²) in [5.41, 5.74) is 6.86. The van der Waals surface area contributed by atoms with Gasteiger partial charge in [0.2, 0.25) is 0 Å². The minimum absolute atomic E-state index is 0.265. The van der Waals surface area contributed by atoms with Gasteiger partial charge in [0.05, 0.1) is 16.4 Å². The van der Waals surface area contributed by atoms with Gasteiger partial charge in [0.15, 0.2) is 5.75 Å². The molecule has 2 aromatic rings. The summed E-state index contributed by atoms with van der Waals surface area (Å²) in [7, 11) is 1.83. The quantitative estimate of drug-likeness (QED) is 0.886. The molecule has 0 atom stereocenters. The van der Waals surface area contributed by atoms with Gasteiger partial charge in [0, 0.05) is 24.9 Å². The SMILES string of the molecule is Cn1cc(COc2c(N)cc(F)cc2Br)cn1. The molecule has 0 aliphatic heterocycles. The summed E-state index contributed by atoms with van der Waals surface area (Å²) in [6.45, 7) is 0.336. The number of aryl methyl sites for hydroxylation is 1. The first-order chi connectivity index (χ1) is 8.06. The van der Waals surface area contributed by atoms with Crippen molar-refractivity contribution in [3.05, 3.63) is 40.4 Å². The molecule has 6 heteroatoms. The highest BCUT2D eigenvalue weighted by molar-refractivity contribution is 9.10. The van der Waals surface area contributed by atoms with Crippen LogP contribution in [0.25, 0.3) is 0 Å². The summed E-state index contributed by atoms with van der Waals surface area (Å²) in [5.74, 6) is 0.0401. The number of halogens is 2. The van der Waals surface area contributed by atoms with E-state index in [0.29, 0.717) is 16.8 Å². The molecule has 0 spiro atoms. The maximum absolute atomic E-state index is 13.0. The van der Waals surface area contributed by atoms with Crippen molar-refractivity contribution in [2.75, 3.05) is 5.73 Å². The normalized spacial score (nSPS) is 10.5. The summed E-state index contributed by atoms with van der Waals surface area (Å²) in [6, 6.07) is 2.54. The maximum atomic E-state index is 13.0. The van der Waals surface area contributed by atoms with Gasteiger partial charge in [-0.2, -0.15) is 5.10 Å². The van der Waals surface area contributed by atoms with Crippen LogP contribution >= 0.6 is 15.9 Å². The van der Waals surface area contributed by atoms with Gasteiger partial charge in [0.25, 0.3) is 0 Å². The second kappa shape index (κ2) is 4.75. The van der Waals surface area contributed by atoms with Gasteiger partial charge in [-0.1, -0.05) is 0 Å². The van der Waals surface area contributed by atoms with Crippen molar-refractivity contribution in [3.63, 3.8) is 0 Å². The Morgan fingerprint density at radius 1 is 1.53 bits per heavy atom. The summed E-state index contributed by atoms with van der Waals surface area (Å²) in [5, 5.41) is 4.02. The Hall–Kier alpha value is -1.56. The molecule has 0 saturated heterocycles. The Morgan fingerprint density at radius 2 is 2.29 bits per heavy atom. The lowest BCUT2D eigenvalue weighted by molar-refractivity contribution is 0.305. The molecule has 2 rings (SSSR count). The molecule has 0 amide bonds. The number of nitrogens with two attached hydrogens (primary N) is 1. The first-order valence-electron chi connectivity index (χ1n) is 4.91. The predicted molar refractivity (Wildman–Crippen MR) is 66.1 cm³/mol. The highest BCUT2D eigenvalue weighted by Gasteiger charge is 2.09. The van der Waals surface area contributed by atoms with Crippen LogP contribution in [0.4, 0.5) is 10.1 Å². The van der Waals surface area contributed by atoms with E-state index in [1.54, 1.807) is 10.9 Å². The minimum atomic E-state index is -0.400. The second-order valence-corrected chi connectivity index (χ2v) is 4.47. The first-order valence-corrected chi connectivity index (χ1v) is 5.70. The molecule has 2 N–H and O–H groups in total. The van der Waals surface area contributed by atoms with Crippen LogP contribution in [-0.4, -0.2) is 9.78 Å². The number of ether oxygens (including phenoxy) is 1. The van der Waals surface area contributed by atoms with Crippen molar-refractivity contribution in [2.45, 2.75) is 6.61 Å².